The van der Waals surface area contributed by atoms with Crippen molar-refractivity contribution in [2.24, 2.45) is 5.92 Å². The fraction of sp³-hybridized carbons (Fsp3) is 0.429. The monoisotopic (exact) mass is 403 g/mol. The Labute approximate surface area is 167 Å². The minimum absolute atomic E-state index is 0.0381. The number of hydrogen-bond acceptors (Lipinski definition) is 6. The number of hydrogen-bond donors (Lipinski definition) is 0. The van der Waals surface area contributed by atoms with Crippen LogP contribution in [0.25, 0.3) is 0 Å². The van der Waals surface area contributed by atoms with Crippen molar-refractivity contribution in [1.82, 2.24) is 4.90 Å². The van der Waals surface area contributed by atoms with E-state index in [1.807, 2.05) is 11.0 Å². The summed E-state index contributed by atoms with van der Waals surface area (Å²) in [6, 6.07) is 7.78. The molecule has 0 radical (unpaired) electrons. The molecule has 148 valence electrons. The van der Waals surface area contributed by atoms with Gasteiger partial charge in [-0.15, -0.1) is 11.3 Å². The van der Waals surface area contributed by atoms with Crippen molar-refractivity contribution < 1.29 is 23.5 Å². The van der Waals surface area contributed by atoms with Crippen molar-refractivity contribution in [1.29, 1.82) is 0 Å². The summed E-state index contributed by atoms with van der Waals surface area (Å²) in [6.45, 7) is 3.16. The minimum Gasteiger partial charge on any atom is -0.434 e. The number of thiophene rings is 1. The average Bonchev–Trinajstić information content (AvgIpc) is 3.44. The van der Waals surface area contributed by atoms with E-state index in [0.717, 1.165) is 29.7 Å². The lowest BCUT2D eigenvalue weighted by atomic mass is 9.95. The van der Waals surface area contributed by atoms with E-state index in [4.69, 9.17) is 9.47 Å². The van der Waals surface area contributed by atoms with E-state index in [1.54, 1.807) is 25.1 Å². The maximum atomic E-state index is 14.5. The second-order valence-corrected chi connectivity index (χ2v) is 8.22. The van der Waals surface area contributed by atoms with E-state index in [9.17, 15) is 14.0 Å². The number of ether oxygens (including phenoxy) is 2. The molecule has 1 aliphatic carbocycles. The van der Waals surface area contributed by atoms with Gasteiger partial charge in [-0.3, -0.25) is 9.69 Å². The summed E-state index contributed by atoms with van der Waals surface area (Å²) in [7, 11) is 0. The van der Waals surface area contributed by atoms with Gasteiger partial charge in [-0.05, 0) is 43.9 Å². The molecule has 0 saturated heterocycles. The Morgan fingerprint density at radius 1 is 1.32 bits per heavy atom. The van der Waals surface area contributed by atoms with Gasteiger partial charge in [0.25, 0.3) is 0 Å². The lowest BCUT2D eigenvalue weighted by Gasteiger charge is -2.34. The summed E-state index contributed by atoms with van der Waals surface area (Å²) in [5, 5.41) is 0.487. The van der Waals surface area contributed by atoms with Gasteiger partial charge >= 0.3 is 6.16 Å². The smallest absolute Gasteiger partial charge is 0.434 e. The molecule has 28 heavy (non-hydrogen) atoms. The van der Waals surface area contributed by atoms with Crippen LogP contribution in [0, 0.1) is 11.7 Å². The van der Waals surface area contributed by atoms with Gasteiger partial charge in [0.05, 0.1) is 12.6 Å². The number of carbonyl (C=O) groups excluding carboxylic acids is 2. The molecule has 7 heteroatoms. The first kappa shape index (κ1) is 19.1. The number of benzene rings is 1. The number of halogens is 1. The van der Waals surface area contributed by atoms with Crippen molar-refractivity contribution in [3.63, 3.8) is 0 Å². The molecule has 1 aromatic carbocycles. The third kappa shape index (κ3) is 3.95. The Bertz CT molecular complexity index is 892. The van der Waals surface area contributed by atoms with E-state index >= 15 is 0 Å². The van der Waals surface area contributed by atoms with Crippen molar-refractivity contribution in [2.45, 2.75) is 38.8 Å². The summed E-state index contributed by atoms with van der Waals surface area (Å²) in [5.41, 5.74) is 1.46. The number of carbonyl (C=O) groups is 2. The molecule has 0 spiro atoms. The zero-order chi connectivity index (χ0) is 19.7. The SMILES string of the molecule is CCOC(=O)Oc1cc2c(s1)CCN(C(C(=O)C1CC1)c1ccccc1F)C2. The van der Waals surface area contributed by atoms with Crippen LogP contribution in [-0.4, -0.2) is 30.0 Å². The van der Waals surface area contributed by atoms with Crippen molar-refractivity contribution in [3.05, 3.63) is 52.2 Å². The van der Waals surface area contributed by atoms with Crippen molar-refractivity contribution in [3.8, 4) is 5.06 Å². The molecular formula is C21H22FNO4S. The topological polar surface area (TPSA) is 55.8 Å². The molecule has 1 fully saturated rings. The predicted octanol–water partition coefficient (Wildman–Crippen LogP) is 4.50. The average molecular weight is 403 g/mol. The second-order valence-electron chi connectivity index (χ2n) is 7.12. The van der Waals surface area contributed by atoms with E-state index in [-0.39, 0.29) is 24.1 Å². The van der Waals surface area contributed by atoms with Crippen molar-refractivity contribution >= 4 is 23.3 Å². The zero-order valence-corrected chi connectivity index (χ0v) is 16.5. The second kappa shape index (κ2) is 8.01. The lowest BCUT2D eigenvalue weighted by molar-refractivity contribution is -0.126. The zero-order valence-electron chi connectivity index (χ0n) is 15.7. The van der Waals surface area contributed by atoms with E-state index in [2.05, 4.69) is 0 Å². The van der Waals surface area contributed by atoms with Gasteiger partial charge in [0, 0.05) is 29.4 Å². The van der Waals surface area contributed by atoms with Gasteiger partial charge in [-0.25, -0.2) is 9.18 Å². The molecule has 1 saturated carbocycles. The van der Waals surface area contributed by atoms with E-state index in [1.165, 1.54) is 17.4 Å². The number of Topliss-reactive ketones (excluding diaryl/α,β-unsaturated/α-hetero) is 1. The van der Waals surface area contributed by atoms with Crippen LogP contribution in [0.3, 0.4) is 0 Å². The Hall–Kier alpha value is -2.25. The van der Waals surface area contributed by atoms with Crippen LogP contribution < -0.4 is 4.74 Å². The fourth-order valence-electron chi connectivity index (χ4n) is 3.65. The van der Waals surface area contributed by atoms with Crippen LogP contribution in [0.1, 0.15) is 41.8 Å². The maximum absolute atomic E-state index is 14.5. The van der Waals surface area contributed by atoms with E-state index in [0.29, 0.717) is 23.7 Å². The molecule has 0 N–H and O–H groups in total. The van der Waals surface area contributed by atoms with Crippen LogP contribution in [-0.2, 0) is 22.5 Å². The molecule has 1 unspecified atom stereocenters. The highest BCUT2D eigenvalue weighted by Gasteiger charge is 2.40. The van der Waals surface area contributed by atoms with Gasteiger partial charge in [0.1, 0.15) is 5.82 Å². The van der Waals surface area contributed by atoms with Gasteiger partial charge in [0.15, 0.2) is 10.8 Å². The van der Waals surface area contributed by atoms with Gasteiger partial charge in [-0.2, -0.15) is 0 Å². The quantitative estimate of drug-likeness (QED) is 0.665. The number of ketones is 1. The summed E-state index contributed by atoms with van der Waals surface area (Å²) in [6.07, 6.45) is 1.79. The first-order valence-corrected chi connectivity index (χ1v) is 10.4. The standard InChI is InChI=1S/C21H22FNO4S/c1-2-26-21(25)27-18-11-14-12-23(10-9-17(14)28-18)19(20(24)13-7-8-13)15-5-3-4-6-16(15)22/h3-6,11,13,19H,2,7-10,12H2,1H3. The first-order chi connectivity index (χ1) is 13.6. The molecule has 1 atom stereocenters. The molecular weight excluding hydrogens is 381 g/mol. The Balaban J connectivity index is 1.57. The minimum atomic E-state index is -0.717. The molecule has 4 rings (SSSR count). The molecule has 2 aliphatic rings. The summed E-state index contributed by atoms with van der Waals surface area (Å²) >= 11 is 1.42. The highest BCUT2D eigenvalue weighted by atomic mass is 32.1. The Morgan fingerprint density at radius 2 is 2.11 bits per heavy atom. The summed E-state index contributed by atoms with van der Waals surface area (Å²) in [5.74, 6) is -0.202. The van der Waals surface area contributed by atoms with Gasteiger partial charge in [0.2, 0.25) is 0 Å². The van der Waals surface area contributed by atoms with Crippen LogP contribution >= 0.6 is 11.3 Å². The summed E-state index contributed by atoms with van der Waals surface area (Å²) < 4.78 is 24.5. The molecule has 5 nitrogen and oxygen atoms in total. The Morgan fingerprint density at radius 3 is 2.82 bits per heavy atom. The number of nitrogens with zero attached hydrogens (tertiary/aromatic N) is 1. The molecule has 1 aromatic heterocycles. The lowest BCUT2D eigenvalue weighted by Crippen LogP contribution is -2.38. The fourth-order valence-corrected chi connectivity index (χ4v) is 4.65. The summed E-state index contributed by atoms with van der Waals surface area (Å²) in [4.78, 5) is 27.7. The molecule has 0 amide bonds. The number of fused-ring (bicyclic) bond motifs is 1. The molecule has 2 aromatic rings. The van der Waals surface area contributed by atoms with Crippen LogP contribution in [0.4, 0.5) is 9.18 Å². The maximum Gasteiger partial charge on any atom is 0.514 e. The third-order valence-corrected chi connectivity index (χ3v) is 6.25. The van der Waals surface area contributed by atoms with E-state index < -0.39 is 12.2 Å². The van der Waals surface area contributed by atoms with Crippen molar-refractivity contribution in [2.75, 3.05) is 13.2 Å². The van der Waals surface area contributed by atoms with Crippen LogP contribution in [0.15, 0.2) is 30.3 Å². The highest BCUT2D eigenvalue weighted by molar-refractivity contribution is 7.14. The molecule has 0 bridgehead atoms. The highest BCUT2D eigenvalue weighted by Crippen LogP contribution is 2.41. The first-order valence-electron chi connectivity index (χ1n) is 9.55. The Kier molecular flexibility index (Phi) is 5.46. The normalized spacial score (nSPS) is 17.6. The van der Waals surface area contributed by atoms with Gasteiger partial charge < -0.3 is 9.47 Å². The molecule has 1 aliphatic heterocycles. The van der Waals surface area contributed by atoms with Gasteiger partial charge in [-0.1, -0.05) is 18.2 Å². The van der Waals surface area contributed by atoms with Crippen LogP contribution in [0.2, 0.25) is 0 Å². The predicted molar refractivity (Wildman–Crippen MR) is 103 cm³/mol. The van der Waals surface area contributed by atoms with Crippen LogP contribution in [0.5, 0.6) is 5.06 Å². The molecule has 2 heterocycles. The third-order valence-electron chi connectivity index (χ3n) is 5.13. The number of rotatable bonds is 6. The largest absolute Gasteiger partial charge is 0.514 e.